The van der Waals surface area contributed by atoms with Crippen LogP contribution in [-0.4, -0.2) is 37.2 Å². The summed E-state index contributed by atoms with van der Waals surface area (Å²) in [6.07, 6.45) is 0. The van der Waals surface area contributed by atoms with Crippen LogP contribution in [0.1, 0.15) is 36.7 Å². The fourth-order valence-electron chi connectivity index (χ4n) is 2.47. The molecule has 0 saturated carbocycles. The van der Waals surface area contributed by atoms with Gasteiger partial charge in [-0.1, -0.05) is 12.1 Å². The summed E-state index contributed by atoms with van der Waals surface area (Å²) in [5.41, 5.74) is 1.73. The van der Waals surface area contributed by atoms with Gasteiger partial charge in [0.2, 0.25) is 0 Å². The molecule has 0 aromatic heterocycles. The van der Waals surface area contributed by atoms with Crippen LogP contribution in [0.2, 0.25) is 0 Å². The molecule has 2 rings (SSSR count). The largest absolute Gasteiger partial charge is 0.494 e. The number of amides is 3. The van der Waals surface area contributed by atoms with Crippen molar-refractivity contribution in [3.63, 3.8) is 0 Å². The Balaban J connectivity index is 1.77. The van der Waals surface area contributed by atoms with E-state index in [1.807, 2.05) is 20.8 Å². The van der Waals surface area contributed by atoms with E-state index >= 15 is 0 Å². The van der Waals surface area contributed by atoms with E-state index in [0.717, 1.165) is 5.56 Å². The molecule has 8 heteroatoms. The van der Waals surface area contributed by atoms with E-state index in [1.54, 1.807) is 48.5 Å². The SMILES string of the molecule is CCOc1ccc(NC(=O)COC(=O)c2ccc(CNC(=O)NC(C)C)cc2)cc1. The second kappa shape index (κ2) is 11.5. The number of esters is 1. The van der Waals surface area contributed by atoms with Crippen LogP contribution in [0.25, 0.3) is 0 Å². The van der Waals surface area contributed by atoms with Gasteiger partial charge in [0.05, 0.1) is 12.2 Å². The molecule has 8 nitrogen and oxygen atoms in total. The number of anilines is 1. The van der Waals surface area contributed by atoms with Crippen LogP contribution in [0.5, 0.6) is 5.75 Å². The molecule has 0 aliphatic heterocycles. The first-order valence-corrected chi connectivity index (χ1v) is 9.70. The van der Waals surface area contributed by atoms with Crippen molar-refractivity contribution in [3.05, 3.63) is 59.7 Å². The second-order valence-electron chi connectivity index (χ2n) is 6.76. The molecule has 0 fully saturated rings. The zero-order valence-corrected chi connectivity index (χ0v) is 17.4. The molecular weight excluding hydrogens is 386 g/mol. The number of carbonyl (C=O) groups is 3. The summed E-state index contributed by atoms with van der Waals surface area (Å²) in [7, 11) is 0. The molecule has 160 valence electrons. The van der Waals surface area contributed by atoms with Crippen molar-refractivity contribution in [1.82, 2.24) is 10.6 Å². The molecule has 2 aromatic rings. The van der Waals surface area contributed by atoms with Gasteiger partial charge < -0.3 is 25.4 Å². The number of ether oxygens (including phenoxy) is 2. The summed E-state index contributed by atoms with van der Waals surface area (Å²) < 4.78 is 10.4. The fraction of sp³-hybridized carbons (Fsp3) is 0.318. The Labute approximate surface area is 175 Å². The number of nitrogens with one attached hydrogen (secondary N) is 3. The van der Waals surface area contributed by atoms with Gasteiger partial charge in [-0.2, -0.15) is 0 Å². The lowest BCUT2D eigenvalue weighted by molar-refractivity contribution is -0.119. The summed E-state index contributed by atoms with van der Waals surface area (Å²) in [6, 6.07) is 13.3. The summed E-state index contributed by atoms with van der Waals surface area (Å²) in [5.74, 6) is -0.334. The van der Waals surface area contributed by atoms with Crippen molar-refractivity contribution in [2.75, 3.05) is 18.5 Å². The van der Waals surface area contributed by atoms with Gasteiger partial charge in [0, 0.05) is 18.3 Å². The Morgan fingerprint density at radius 3 is 2.23 bits per heavy atom. The highest BCUT2D eigenvalue weighted by atomic mass is 16.5. The van der Waals surface area contributed by atoms with E-state index in [0.29, 0.717) is 30.2 Å². The number of carbonyl (C=O) groups excluding carboxylic acids is 3. The van der Waals surface area contributed by atoms with Crippen molar-refractivity contribution < 1.29 is 23.9 Å². The third-order valence-electron chi connectivity index (χ3n) is 3.85. The van der Waals surface area contributed by atoms with Crippen molar-refractivity contribution >= 4 is 23.6 Å². The Bertz CT molecular complexity index is 848. The smallest absolute Gasteiger partial charge is 0.338 e. The molecule has 3 N–H and O–H groups in total. The van der Waals surface area contributed by atoms with Gasteiger partial charge in [-0.3, -0.25) is 4.79 Å². The Kier molecular flexibility index (Phi) is 8.68. The summed E-state index contributed by atoms with van der Waals surface area (Å²) in [4.78, 5) is 35.7. The van der Waals surface area contributed by atoms with Crippen LogP contribution >= 0.6 is 0 Å². The summed E-state index contributed by atoms with van der Waals surface area (Å²) in [5, 5.41) is 8.10. The van der Waals surface area contributed by atoms with Gasteiger partial charge in [-0.05, 0) is 62.7 Å². The first-order valence-electron chi connectivity index (χ1n) is 9.70. The van der Waals surface area contributed by atoms with Gasteiger partial charge in [0.25, 0.3) is 5.91 Å². The number of benzene rings is 2. The first-order chi connectivity index (χ1) is 14.4. The molecule has 0 heterocycles. The Morgan fingerprint density at radius 2 is 1.63 bits per heavy atom. The predicted octanol–water partition coefficient (Wildman–Crippen LogP) is 3.09. The van der Waals surface area contributed by atoms with Crippen LogP contribution in [-0.2, 0) is 16.1 Å². The molecular formula is C22H27N3O5. The molecule has 0 spiro atoms. The van der Waals surface area contributed by atoms with Crippen LogP contribution in [0.3, 0.4) is 0 Å². The molecule has 0 aliphatic rings. The fourth-order valence-corrected chi connectivity index (χ4v) is 2.47. The van der Waals surface area contributed by atoms with Gasteiger partial charge in [-0.15, -0.1) is 0 Å². The molecule has 0 bridgehead atoms. The van der Waals surface area contributed by atoms with E-state index in [-0.39, 0.29) is 12.1 Å². The monoisotopic (exact) mass is 413 g/mol. The lowest BCUT2D eigenvalue weighted by Gasteiger charge is -2.10. The van der Waals surface area contributed by atoms with Crippen LogP contribution in [0.4, 0.5) is 10.5 Å². The minimum Gasteiger partial charge on any atom is -0.494 e. The molecule has 0 radical (unpaired) electrons. The Morgan fingerprint density at radius 1 is 0.967 bits per heavy atom. The van der Waals surface area contributed by atoms with E-state index in [9.17, 15) is 14.4 Å². The van der Waals surface area contributed by atoms with Gasteiger partial charge in [0.1, 0.15) is 5.75 Å². The maximum atomic E-state index is 12.1. The quantitative estimate of drug-likeness (QED) is 0.548. The molecule has 0 saturated heterocycles. The molecule has 3 amide bonds. The topological polar surface area (TPSA) is 106 Å². The van der Waals surface area contributed by atoms with E-state index in [1.165, 1.54) is 0 Å². The second-order valence-corrected chi connectivity index (χ2v) is 6.76. The highest BCUT2D eigenvalue weighted by Crippen LogP contribution is 2.15. The Hall–Kier alpha value is -3.55. The molecule has 0 aliphatic carbocycles. The highest BCUT2D eigenvalue weighted by molar-refractivity contribution is 5.95. The normalized spacial score (nSPS) is 10.3. The van der Waals surface area contributed by atoms with Crippen molar-refractivity contribution in [1.29, 1.82) is 0 Å². The van der Waals surface area contributed by atoms with Gasteiger partial charge in [0.15, 0.2) is 6.61 Å². The minimum absolute atomic E-state index is 0.0498. The average Bonchev–Trinajstić information content (AvgIpc) is 2.72. The van der Waals surface area contributed by atoms with Crippen molar-refractivity contribution in [2.24, 2.45) is 0 Å². The summed E-state index contributed by atoms with van der Waals surface area (Å²) in [6.45, 7) is 6.13. The maximum absolute atomic E-state index is 12.1. The number of rotatable bonds is 9. The van der Waals surface area contributed by atoms with Crippen LogP contribution in [0, 0.1) is 0 Å². The zero-order chi connectivity index (χ0) is 21.9. The standard InChI is InChI=1S/C22H27N3O5/c1-4-29-19-11-9-18(10-12-19)25-20(26)14-30-21(27)17-7-5-16(6-8-17)13-23-22(28)24-15(2)3/h5-12,15H,4,13-14H2,1-3H3,(H,25,26)(H2,23,24,28). The lowest BCUT2D eigenvalue weighted by atomic mass is 10.1. The van der Waals surface area contributed by atoms with E-state index in [2.05, 4.69) is 16.0 Å². The molecule has 2 aromatic carbocycles. The maximum Gasteiger partial charge on any atom is 0.338 e. The average molecular weight is 413 g/mol. The van der Waals surface area contributed by atoms with Crippen LogP contribution < -0.4 is 20.7 Å². The van der Waals surface area contributed by atoms with Crippen molar-refractivity contribution in [3.8, 4) is 5.75 Å². The lowest BCUT2D eigenvalue weighted by Crippen LogP contribution is -2.39. The number of hydrogen-bond acceptors (Lipinski definition) is 5. The molecule has 0 atom stereocenters. The zero-order valence-electron chi connectivity index (χ0n) is 17.4. The first kappa shape index (κ1) is 22.7. The molecule has 0 unspecified atom stereocenters. The van der Waals surface area contributed by atoms with E-state index < -0.39 is 18.5 Å². The summed E-state index contributed by atoms with van der Waals surface area (Å²) >= 11 is 0. The van der Waals surface area contributed by atoms with E-state index in [4.69, 9.17) is 9.47 Å². The highest BCUT2D eigenvalue weighted by Gasteiger charge is 2.11. The third kappa shape index (κ3) is 7.83. The number of hydrogen-bond donors (Lipinski definition) is 3. The predicted molar refractivity (Wildman–Crippen MR) is 113 cm³/mol. The van der Waals surface area contributed by atoms with Gasteiger partial charge in [-0.25, -0.2) is 9.59 Å². The van der Waals surface area contributed by atoms with Gasteiger partial charge >= 0.3 is 12.0 Å². The third-order valence-corrected chi connectivity index (χ3v) is 3.85. The number of urea groups is 1. The van der Waals surface area contributed by atoms with Crippen LogP contribution in [0.15, 0.2) is 48.5 Å². The molecule has 30 heavy (non-hydrogen) atoms. The van der Waals surface area contributed by atoms with Crippen molar-refractivity contribution in [2.45, 2.75) is 33.4 Å². The minimum atomic E-state index is -0.603.